The van der Waals surface area contributed by atoms with Gasteiger partial charge in [-0.05, 0) is 78.1 Å². The standard InChI is InChI=1S/C44H42ClFN6O3S/c1-29-34(17-18-39(41(29)45)54-26-25-52-23-21-48-22-24-52)40-36(44(50-28-47)56-42(40)31-11-14-32(46)15-12-31)16-13-30-7-3-5-9-37(30)55-27-33-19-20-49-43(51-33)35-8-4-6-10-38(35)53-2/h3-12,14-20,28,47-48H,13,21-27H2,1-2H3/b36-16+,47-28?,50-44?. The maximum absolute atomic E-state index is 14.1. The van der Waals surface area contributed by atoms with Crippen molar-refractivity contribution in [1.82, 2.24) is 20.2 Å². The van der Waals surface area contributed by atoms with Crippen LogP contribution in [0.2, 0.25) is 5.02 Å². The fraction of sp³-hybridized carbons (Fsp3) is 0.227. The molecule has 0 amide bonds. The molecule has 56 heavy (non-hydrogen) atoms. The number of hydrogen-bond donors (Lipinski definition) is 2. The zero-order valence-corrected chi connectivity index (χ0v) is 32.8. The molecule has 286 valence electrons. The van der Waals surface area contributed by atoms with E-state index < -0.39 is 0 Å². The van der Waals surface area contributed by atoms with E-state index in [1.807, 2.05) is 73.7 Å². The summed E-state index contributed by atoms with van der Waals surface area (Å²) in [6.45, 7) is 7.50. The minimum absolute atomic E-state index is 0.232. The lowest BCUT2D eigenvalue weighted by atomic mass is 9.91. The number of nitrogens with one attached hydrogen (secondary N) is 2. The van der Waals surface area contributed by atoms with E-state index in [1.54, 1.807) is 25.4 Å². The number of aliphatic imine (C=N–C) groups is 1. The maximum atomic E-state index is 14.1. The van der Waals surface area contributed by atoms with Crippen LogP contribution in [0, 0.1) is 18.2 Å². The molecule has 7 rings (SSSR count). The van der Waals surface area contributed by atoms with Crippen molar-refractivity contribution in [2.24, 2.45) is 4.99 Å². The highest BCUT2D eigenvalue weighted by Crippen LogP contribution is 2.51. The Balaban J connectivity index is 1.19. The maximum Gasteiger partial charge on any atom is 0.163 e. The summed E-state index contributed by atoms with van der Waals surface area (Å²) in [5.74, 6) is 2.27. The van der Waals surface area contributed by atoms with E-state index in [0.29, 0.717) is 46.2 Å². The van der Waals surface area contributed by atoms with E-state index in [9.17, 15) is 4.39 Å². The molecule has 0 unspecified atom stereocenters. The molecular weight excluding hydrogens is 747 g/mol. The zero-order chi connectivity index (χ0) is 38.9. The Kier molecular flexibility index (Phi) is 12.9. The van der Waals surface area contributed by atoms with Gasteiger partial charge in [0.25, 0.3) is 0 Å². The molecule has 2 aliphatic heterocycles. The van der Waals surface area contributed by atoms with Crippen molar-refractivity contribution in [3.8, 4) is 28.6 Å². The molecule has 0 bridgehead atoms. The predicted molar refractivity (Wildman–Crippen MR) is 225 cm³/mol. The lowest BCUT2D eigenvalue weighted by Gasteiger charge is -2.27. The van der Waals surface area contributed by atoms with Gasteiger partial charge in [-0.25, -0.2) is 19.4 Å². The average molecular weight is 789 g/mol. The minimum atomic E-state index is -0.320. The monoisotopic (exact) mass is 788 g/mol. The summed E-state index contributed by atoms with van der Waals surface area (Å²) in [6.07, 6.45) is 5.38. The first kappa shape index (κ1) is 38.9. The van der Waals surface area contributed by atoms with Gasteiger partial charge in [0.05, 0.1) is 23.4 Å². The third-order valence-electron chi connectivity index (χ3n) is 9.64. The smallest absolute Gasteiger partial charge is 0.163 e. The Hall–Kier alpha value is -5.33. The molecule has 5 aromatic rings. The van der Waals surface area contributed by atoms with E-state index in [0.717, 1.165) is 88.6 Å². The van der Waals surface area contributed by atoms with Crippen LogP contribution in [0.5, 0.6) is 17.2 Å². The third-order valence-corrected chi connectivity index (χ3v) is 11.3. The normalized spacial score (nSPS) is 16.1. The fourth-order valence-corrected chi connectivity index (χ4v) is 8.11. The number of aromatic nitrogens is 2. The summed E-state index contributed by atoms with van der Waals surface area (Å²) in [6, 6.07) is 27.8. The SMILES string of the molecule is COc1ccccc1-c1nccc(COc2ccccc2C/C=C2/C(=NC=N)SC(c3ccc(F)cc3)=C2c2ccc(OCCN3CCNCC3)c(Cl)c2C)n1. The van der Waals surface area contributed by atoms with Crippen LogP contribution < -0.4 is 19.5 Å². The van der Waals surface area contributed by atoms with Crippen LogP contribution in [-0.2, 0) is 13.0 Å². The lowest BCUT2D eigenvalue weighted by Crippen LogP contribution is -2.44. The zero-order valence-electron chi connectivity index (χ0n) is 31.2. The Labute approximate surface area is 335 Å². The Morgan fingerprint density at radius 2 is 1.70 bits per heavy atom. The van der Waals surface area contributed by atoms with E-state index >= 15 is 0 Å². The second kappa shape index (κ2) is 18.5. The first-order valence-corrected chi connectivity index (χ1v) is 19.6. The number of ether oxygens (including phenoxy) is 3. The van der Waals surface area contributed by atoms with Crippen LogP contribution in [0.25, 0.3) is 21.9 Å². The molecule has 1 fully saturated rings. The highest BCUT2D eigenvalue weighted by molar-refractivity contribution is 8.23. The summed E-state index contributed by atoms with van der Waals surface area (Å²) in [4.78, 5) is 17.0. The number of nitrogens with zero attached hydrogens (tertiary/aromatic N) is 4. The van der Waals surface area contributed by atoms with Crippen LogP contribution in [0.1, 0.15) is 27.9 Å². The van der Waals surface area contributed by atoms with Gasteiger partial charge in [0.2, 0.25) is 0 Å². The number of benzene rings is 4. The molecule has 9 nitrogen and oxygen atoms in total. The van der Waals surface area contributed by atoms with E-state index in [4.69, 9.17) is 36.2 Å². The molecule has 1 saturated heterocycles. The van der Waals surface area contributed by atoms with Gasteiger partial charge < -0.3 is 19.5 Å². The molecule has 2 N–H and O–H groups in total. The van der Waals surface area contributed by atoms with Gasteiger partial charge in [-0.2, -0.15) is 0 Å². The summed E-state index contributed by atoms with van der Waals surface area (Å²) in [7, 11) is 1.63. The summed E-state index contributed by atoms with van der Waals surface area (Å²) in [5, 5.41) is 12.5. The van der Waals surface area contributed by atoms with Gasteiger partial charge >= 0.3 is 0 Å². The molecule has 0 aliphatic carbocycles. The molecule has 1 aromatic heterocycles. The van der Waals surface area contributed by atoms with Gasteiger partial charge in [0.1, 0.15) is 47.7 Å². The van der Waals surface area contributed by atoms with Crippen molar-refractivity contribution in [2.45, 2.75) is 20.0 Å². The second-order valence-electron chi connectivity index (χ2n) is 13.2. The molecule has 0 saturated carbocycles. The number of thioether (sulfide) groups is 1. The van der Waals surface area contributed by atoms with E-state index in [-0.39, 0.29) is 12.4 Å². The van der Waals surface area contributed by atoms with Gasteiger partial charge in [-0.1, -0.05) is 78.0 Å². The Morgan fingerprint density at radius 1 is 0.929 bits per heavy atom. The number of hydrogen-bond acceptors (Lipinski definition) is 9. The first-order chi connectivity index (χ1) is 27.4. The molecule has 0 spiro atoms. The lowest BCUT2D eigenvalue weighted by molar-refractivity contribution is 0.191. The van der Waals surface area contributed by atoms with Crippen LogP contribution in [-0.4, -0.2) is 72.7 Å². The van der Waals surface area contributed by atoms with E-state index in [2.05, 4.69) is 26.3 Å². The van der Waals surface area contributed by atoms with Crippen molar-refractivity contribution in [3.63, 3.8) is 0 Å². The number of allylic oxidation sites excluding steroid dienone is 2. The highest BCUT2D eigenvalue weighted by Gasteiger charge is 2.31. The molecular formula is C44H42ClFN6O3S. The molecule has 3 heterocycles. The third kappa shape index (κ3) is 9.03. The predicted octanol–water partition coefficient (Wildman–Crippen LogP) is 8.91. The van der Waals surface area contributed by atoms with Crippen LogP contribution in [0.15, 0.2) is 114 Å². The van der Waals surface area contributed by atoms with Crippen LogP contribution in [0.3, 0.4) is 0 Å². The van der Waals surface area contributed by atoms with Gasteiger partial charge in [-0.3, -0.25) is 10.3 Å². The van der Waals surface area contributed by atoms with Crippen molar-refractivity contribution < 1.29 is 18.6 Å². The second-order valence-corrected chi connectivity index (χ2v) is 14.5. The average Bonchev–Trinajstić information content (AvgIpc) is 3.59. The summed E-state index contributed by atoms with van der Waals surface area (Å²) >= 11 is 8.50. The number of rotatable bonds is 14. The van der Waals surface area contributed by atoms with E-state index in [1.165, 1.54) is 23.9 Å². The fourth-order valence-electron chi connectivity index (χ4n) is 6.72. The van der Waals surface area contributed by atoms with Crippen molar-refractivity contribution >= 4 is 45.2 Å². The highest BCUT2D eigenvalue weighted by atomic mass is 35.5. The topological polar surface area (TPSA) is 105 Å². The quantitative estimate of drug-likeness (QED) is 0.0850. The van der Waals surface area contributed by atoms with Crippen LogP contribution >= 0.6 is 23.4 Å². The molecule has 2 aliphatic rings. The van der Waals surface area contributed by atoms with Crippen molar-refractivity contribution in [1.29, 1.82) is 5.41 Å². The molecule has 4 aromatic carbocycles. The summed E-state index contributed by atoms with van der Waals surface area (Å²) in [5.41, 5.74) is 6.81. The van der Waals surface area contributed by atoms with Crippen molar-refractivity contribution in [2.75, 3.05) is 46.4 Å². The Bertz CT molecular complexity index is 2290. The largest absolute Gasteiger partial charge is 0.496 e. The molecule has 0 radical (unpaired) electrons. The van der Waals surface area contributed by atoms with Crippen LogP contribution in [0.4, 0.5) is 4.39 Å². The first-order valence-electron chi connectivity index (χ1n) is 18.4. The van der Waals surface area contributed by atoms with Gasteiger partial charge in [0, 0.05) is 55.0 Å². The van der Waals surface area contributed by atoms with Gasteiger partial charge in [0.15, 0.2) is 5.82 Å². The number of para-hydroxylation sites is 2. The van der Waals surface area contributed by atoms with Crippen molar-refractivity contribution in [3.05, 3.63) is 148 Å². The molecule has 12 heteroatoms. The minimum Gasteiger partial charge on any atom is -0.496 e. The Morgan fingerprint density at radius 3 is 2.48 bits per heavy atom. The number of piperazine rings is 1. The number of halogens is 2. The summed E-state index contributed by atoms with van der Waals surface area (Å²) < 4.78 is 32.3. The molecule has 0 atom stereocenters. The van der Waals surface area contributed by atoms with Gasteiger partial charge in [-0.15, -0.1) is 0 Å². The number of methoxy groups -OCH3 is 1.